The van der Waals surface area contributed by atoms with Crippen molar-refractivity contribution in [2.45, 2.75) is 88.9 Å². The Morgan fingerprint density at radius 3 is 2.11 bits per heavy atom. The molecule has 0 N–H and O–H groups in total. The van der Waals surface area contributed by atoms with Crippen LogP contribution in [0.2, 0.25) is 24.7 Å². The minimum Gasteiger partial charge on any atom is -0.488 e. The van der Waals surface area contributed by atoms with Gasteiger partial charge >= 0.3 is 0 Å². The third-order valence-corrected chi connectivity index (χ3v) is 12.0. The number of ether oxygens (including phenoxy) is 1. The molecule has 0 aromatic heterocycles. The van der Waals surface area contributed by atoms with E-state index < -0.39 is 21.1 Å². The average molecular weight is 395 g/mol. The number of benzene rings is 1. The van der Waals surface area contributed by atoms with E-state index in [4.69, 9.17) is 4.74 Å². The second-order valence-electron chi connectivity index (χ2n) is 9.28. The fourth-order valence-corrected chi connectivity index (χ4v) is 9.67. The Kier molecular flexibility index (Phi) is 7.35. The first-order valence-electron chi connectivity index (χ1n) is 11.0. The molecule has 4 heteroatoms. The highest BCUT2D eigenvalue weighted by molar-refractivity contribution is 6.78. The molecule has 1 saturated carbocycles. The van der Waals surface area contributed by atoms with Gasteiger partial charge in [0.05, 0.1) is 8.07 Å². The molecule has 152 valence electrons. The number of alkyl halides is 2. The smallest absolute Gasteiger partial charge is 0.272 e. The Labute approximate surface area is 164 Å². The number of hydrogen-bond acceptors (Lipinski definition) is 1. The highest BCUT2D eigenvalue weighted by Crippen LogP contribution is 2.45. The number of hydrogen-bond donors (Lipinski definition) is 0. The van der Waals surface area contributed by atoms with Gasteiger partial charge in [-0.1, -0.05) is 63.0 Å². The van der Waals surface area contributed by atoms with Crippen LogP contribution in [0.25, 0.3) is 0 Å². The Morgan fingerprint density at radius 2 is 1.56 bits per heavy atom. The van der Waals surface area contributed by atoms with Crippen LogP contribution in [-0.2, 0) is 0 Å². The SMILES string of the molecule is CCC[Si@]1(C)CC[C@@H](C2CCC(c3ccc(OCC(F)F)cc3)CC2)CC1. The van der Waals surface area contributed by atoms with Gasteiger partial charge < -0.3 is 4.74 Å². The van der Waals surface area contributed by atoms with Crippen LogP contribution in [-0.4, -0.2) is 21.1 Å². The molecule has 1 aromatic carbocycles. The van der Waals surface area contributed by atoms with Crippen molar-refractivity contribution in [3.8, 4) is 5.75 Å². The van der Waals surface area contributed by atoms with Gasteiger partial charge in [-0.15, -0.1) is 0 Å². The second kappa shape index (κ2) is 9.53. The molecule has 0 spiro atoms. The van der Waals surface area contributed by atoms with E-state index in [1.54, 1.807) is 12.1 Å². The molecule has 0 unspecified atom stereocenters. The summed E-state index contributed by atoms with van der Waals surface area (Å²) in [6.07, 6.45) is 7.25. The van der Waals surface area contributed by atoms with Gasteiger partial charge in [0, 0.05) is 0 Å². The molecule has 1 nitrogen and oxygen atoms in total. The van der Waals surface area contributed by atoms with Crippen molar-refractivity contribution in [2.24, 2.45) is 11.8 Å². The topological polar surface area (TPSA) is 9.23 Å². The summed E-state index contributed by atoms with van der Waals surface area (Å²) in [6, 6.07) is 12.5. The first-order valence-corrected chi connectivity index (χ1v) is 14.1. The zero-order chi connectivity index (χ0) is 19.3. The molecular formula is C23H36F2OSi. The van der Waals surface area contributed by atoms with Crippen LogP contribution in [0.15, 0.2) is 24.3 Å². The lowest BCUT2D eigenvalue weighted by Gasteiger charge is -2.41. The predicted octanol–water partition coefficient (Wildman–Crippen LogP) is 7.50. The van der Waals surface area contributed by atoms with Crippen molar-refractivity contribution in [2.75, 3.05) is 6.61 Å². The molecule has 27 heavy (non-hydrogen) atoms. The summed E-state index contributed by atoms with van der Waals surface area (Å²) in [6.45, 7) is 4.47. The van der Waals surface area contributed by atoms with Crippen molar-refractivity contribution in [3.05, 3.63) is 29.8 Å². The maximum Gasteiger partial charge on any atom is 0.272 e. The first-order chi connectivity index (χ1) is 13.0. The summed E-state index contributed by atoms with van der Waals surface area (Å²) >= 11 is 0. The van der Waals surface area contributed by atoms with Crippen molar-refractivity contribution < 1.29 is 13.5 Å². The van der Waals surface area contributed by atoms with Crippen molar-refractivity contribution >= 4 is 8.07 Å². The molecule has 2 fully saturated rings. The lowest BCUT2D eigenvalue weighted by atomic mass is 9.72. The molecule has 1 aliphatic carbocycles. The molecule has 0 atom stereocenters. The normalized spacial score (nSPS) is 31.8. The van der Waals surface area contributed by atoms with Gasteiger partial charge in [0.1, 0.15) is 12.4 Å². The van der Waals surface area contributed by atoms with Gasteiger partial charge in [0.2, 0.25) is 0 Å². The van der Waals surface area contributed by atoms with Crippen molar-refractivity contribution in [1.82, 2.24) is 0 Å². The van der Waals surface area contributed by atoms with Crippen LogP contribution < -0.4 is 4.74 Å². The predicted molar refractivity (Wildman–Crippen MR) is 112 cm³/mol. The van der Waals surface area contributed by atoms with Gasteiger partial charge in [-0.05, 0) is 61.1 Å². The molecular weight excluding hydrogens is 358 g/mol. The van der Waals surface area contributed by atoms with Gasteiger partial charge in [-0.25, -0.2) is 8.78 Å². The number of halogens is 2. The molecule has 0 radical (unpaired) electrons. The Morgan fingerprint density at radius 1 is 0.963 bits per heavy atom. The van der Waals surface area contributed by atoms with Crippen LogP contribution >= 0.6 is 0 Å². The number of rotatable bonds is 7. The second-order valence-corrected chi connectivity index (χ2v) is 14.4. The van der Waals surface area contributed by atoms with Gasteiger partial charge in [0.15, 0.2) is 0 Å². The largest absolute Gasteiger partial charge is 0.488 e. The Balaban J connectivity index is 1.45. The summed E-state index contributed by atoms with van der Waals surface area (Å²) in [7, 11) is -0.886. The molecule has 1 saturated heterocycles. The van der Waals surface area contributed by atoms with Crippen LogP contribution in [0.3, 0.4) is 0 Å². The zero-order valence-corrected chi connectivity index (χ0v) is 18.1. The van der Waals surface area contributed by atoms with Crippen LogP contribution in [0.1, 0.15) is 63.4 Å². The maximum absolute atomic E-state index is 12.2. The Hall–Kier alpha value is -0.903. The van der Waals surface area contributed by atoms with E-state index >= 15 is 0 Å². The molecule has 2 aliphatic rings. The minimum absolute atomic E-state index is 0.522. The van der Waals surface area contributed by atoms with E-state index in [-0.39, 0.29) is 0 Å². The average Bonchev–Trinajstić information content (AvgIpc) is 2.68. The fraction of sp³-hybridized carbons (Fsp3) is 0.739. The van der Waals surface area contributed by atoms with E-state index in [1.807, 2.05) is 12.1 Å². The zero-order valence-electron chi connectivity index (χ0n) is 17.1. The molecule has 3 rings (SSSR count). The van der Waals surface area contributed by atoms with E-state index in [9.17, 15) is 8.78 Å². The van der Waals surface area contributed by atoms with Gasteiger partial charge in [-0.2, -0.15) is 0 Å². The van der Waals surface area contributed by atoms with E-state index in [2.05, 4.69) is 25.6 Å². The van der Waals surface area contributed by atoms with Crippen molar-refractivity contribution in [1.29, 1.82) is 0 Å². The maximum atomic E-state index is 12.2. The van der Waals surface area contributed by atoms with E-state index in [0.717, 1.165) is 11.8 Å². The third kappa shape index (κ3) is 5.79. The third-order valence-electron chi connectivity index (χ3n) is 7.26. The summed E-state index contributed by atoms with van der Waals surface area (Å²) in [5.41, 5.74) is 1.35. The van der Waals surface area contributed by atoms with Crippen LogP contribution in [0.4, 0.5) is 8.78 Å². The molecule has 0 bridgehead atoms. The van der Waals surface area contributed by atoms with Crippen LogP contribution in [0.5, 0.6) is 5.75 Å². The molecule has 1 heterocycles. The first kappa shape index (κ1) is 20.8. The lowest BCUT2D eigenvalue weighted by molar-refractivity contribution is 0.0819. The summed E-state index contributed by atoms with van der Waals surface area (Å²) in [5.74, 6) is 3.10. The summed E-state index contributed by atoms with van der Waals surface area (Å²) in [5, 5.41) is 0. The van der Waals surface area contributed by atoms with Crippen LogP contribution in [0, 0.1) is 11.8 Å². The molecule has 0 amide bonds. The minimum atomic E-state index is -2.41. The molecule has 1 aromatic rings. The quantitative estimate of drug-likeness (QED) is 0.435. The standard InChI is InChI=1S/C23H36F2OSi/c1-3-14-27(2)15-12-21(13-16-27)19-6-4-18(5-7-19)20-8-10-22(11-9-20)26-17-23(24)25/h8-11,18-19,21,23H,3-7,12-17H2,1-2H3/t18?,19?,21-,27-. The van der Waals surface area contributed by atoms with E-state index in [0.29, 0.717) is 11.7 Å². The highest BCUT2D eigenvalue weighted by Gasteiger charge is 2.36. The summed E-state index contributed by atoms with van der Waals surface area (Å²) in [4.78, 5) is 0. The van der Waals surface area contributed by atoms with Gasteiger partial charge in [0.25, 0.3) is 6.43 Å². The lowest BCUT2D eigenvalue weighted by Crippen LogP contribution is -2.36. The van der Waals surface area contributed by atoms with Crippen molar-refractivity contribution in [3.63, 3.8) is 0 Å². The highest BCUT2D eigenvalue weighted by atomic mass is 28.3. The monoisotopic (exact) mass is 394 g/mol. The molecule has 1 aliphatic heterocycles. The van der Waals surface area contributed by atoms with E-state index in [1.165, 1.54) is 56.6 Å². The Bertz CT molecular complexity index is 558. The van der Waals surface area contributed by atoms with Gasteiger partial charge in [-0.3, -0.25) is 0 Å². The fourth-order valence-electron chi connectivity index (χ4n) is 5.58. The summed E-state index contributed by atoms with van der Waals surface area (Å²) < 4.78 is 29.6.